The van der Waals surface area contributed by atoms with Crippen molar-refractivity contribution in [3.05, 3.63) is 127 Å². The monoisotopic (exact) mass is 446 g/mol. The fourth-order valence-corrected chi connectivity index (χ4v) is 5.06. The van der Waals surface area contributed by atoms with E-state index in [-0.39, 0.29) is 12.1 Å². The molecule has 2 aromatic heterocycles. The molecule has 4 nitrogen and oxygen atoms in total. The van der Waals surface area contributed by atoms with Gasteiger partial charge in [-0.05, 0) is 71.5 Å². The molecule has 0 aliphatic carbocycles. The van der Waals surface area contributed by atoms with Gasteiger partial charge in [-0.3, -0.25) is 4.98 Å². The maximum Gasteiger partial charge on any atom is 0.174 e. The van der Waals surface area contributed by atoms with Gasteiger partial charge in [0.15, 0.2) is 5.11 Å². The van der Waals surface area contributed by atoms with Crippen molar-refractivity contribution in [2.24, 2.45) is 0 Å². The molecule has 0 unspecified atom stereocenters. The lowest BCUT2D eigenvalue weighted by Gasteiger charge is -2.29. The average Bonchev–Trinajstić information content (AvgIpc) is 3.49. The van der Waals surface area contributed by atoms with Crippen molar-refractivity contribution < 1.29 is 0 Å². The highest BCUT2D eigenvalue weighted by molar-refractivity contribution is 7.80. The molecule has 2 atom stereocenters. The number of aromatic nitrogens is 2. The first-order valence-electron chi connectivity index (χ1n) is 11.0. The summed E-state index contributed by atoms with van der Waals surface area (Å²) in [7, 11) is 0. The fraction of sp³-hybridized carbons (Fsp3) is 0.0714. The first-order chi connectivity index (χ1) is 16.3. The highest BCUT2D eigenvalue weighted by Crippen LogP contribution is 2.42. The van der Waals surface area contributed by atoms with Gasteiger partial charge in [0.25, 0.3) is 0 Å². The molecule has 0 radical (unpaired) electrons. The van der Waals surface area contributed by atoms with Crippen molar-refractivity contribution in [1.29, 1.82) is 0 Å². The van der Waals surface area contributed by atoms with E-state index in [1.807, 2.05) is 36.5 Å². The Balaban J connectivity index is 1.51. The van der Waals surface area contributed by atoms with Gasteiger partial charge in [0.1, 0.15) is 6.04 Å². The number of pyridine rings is 1. The number of hydrogen-bond acceptors (Lipinski definition) is 2. The normalized spacial score (nSPS) is 17.9. The van der Waals surface area contributed by atoms with Crippen LogP contribution in [0.4, 0.5) is 5.69 Å². The summed E-state index contributed by atoms with van der Waals surface area (Å²) in [6.45, 7) is 0. The van der Waals surface area contributed by atoms with Crippen LogP contribution in [0.5, 0.6) is 0 Å². The molecule has 1 aliphatic heterocycles. The van der Waals surface area contributed by atoms with Gasteiger partial charge < -0.3 is 14.8 Å². The molecule has 3 aromatic carbocycles. The first-order valence-corrected chi connectivity index (χ1v) is 11.4. The molecule has 1 aliphatic rings. The largest absolute Gasteiger partial charge is 0.351 e. The van der Waals surface area contributed by atoms with Crippen molar-refractivity contribution in [3.63, 3.8) is 0 Å². The molecule has 5 heteroatoms. The maximum atomic E-state index is 5.85. The second-order valence-corrected chi connectivity index (χ2v) is 8.55. The summed E-state index contributed by atoms with van der Waals surface area (Å²) in [5.74, 6) is 0. The summed E-state index contributed by atoms with van der Waals surface area (Å²) in [5.41, 5.74) is 4.30. The molecule has 160 valence electrons. The van der Waals surface area contributed by atoms with Crippen LogP contribution in [0.15, 0.2) is 116 Å². The van der Waals surface area contributed by atoms with Crippen molar-refractivity contribution in [3.8, 4) is 5.69 Å². The molecule has 0 saturated carbocycles. The molecule has 6 rings (SSSR count). The quantitative estimate of drug-likeness (QED) is 0.333. The zero-order valence-electron chi connectivity index (χ0n) is 17.9. The van der Waals surface area contributed by atoms with Crippen LogP contribution in [0, 0.1) is 0 Å². The van der Waals surface area contributed by atoms with Crippen LogP contribution in [0.25, 0.3) is 16.5 Å². The zero-order chi connectivity index (χ0) is 22.2. The lowest BCUT2D eigenvalue weighted by molar-refractivity contribution is 0.549. The van der Waals surface area contributed by atoms with Gasteiger partial charge in [0.2, 0.25) is 0 Å². The number of nitrogens with one attached hydrogen (secondary N) is 1. The third kappa shape index (κ3) is 3.47. The van der Waals surface area contributed by atoms with Gasteiger partial charge in [-0.1, -0.05) is 54.6 Å². The minimum absolute atomic E-state index is 0.0590. The average molecular weight is 447 g/mol. The van der Waals surface area contributed by atoms with E-state index >= 15 is 0 Å². The van der Waals surface area contributed by atoms with Gasteiger partial charge >= 0.3 is 0 Å². The van der Waals surface area contributed by atoms with E-state index in [0.717, 1.165) is 22.8 Å². The van der Waals surface area contributed by atoms with Crippen LogP contribution in [0.3, 0.4) is 0 Å². The van der Waals surface area contributed by atoms with E-state index in [0.29, 0.717) is 5.11 Å². The third-order valence-corrected chi connectivity index (χ3v) is 6.54. The standard InChI is InChI=1S/C28H22N4S/c33-28-30-26(24-13-6-7-17-29-24)27(32(28)22-11-2-1-3-12-22)25-14-8-18-31(25)23-16-15-20-9-4-5-10-21(20)19-23/h1-19,26-27H,(H,30,33)/t26-,27-/m0/s1. The van der Waals surface area contributed by atoms with Crippen molar-refractivity contribution in [2.45, 2.75) is 12.1 Å². The number of anilines is 1. The number of thiocarbonyl (C=S) groups is 1. The van der Waals surface area contributed by atoms with Crippen molar-refractivity contribution in [2.75, 3.05) is 4.90 Å². The topological polar surface area (TPSA) is 33.1 Å². The van der Waals surface area contributed by atoms with Gasteiger partial charge in [-0.25, -0.2) is 0 Å². The van der Waals surface area contributed by atoms with Crippen LogP contribution < -0.4 is 10.2 Å². The van der Waals surface area contributed by atoms with Gasteiger partial charge in [-0.2, -0.15) is 0 Å². The molecule has 0 amide bonds. The first kappa shape index (κ1) is 19.7. The number of rotatable bonds is 4. The van der Waals surface area contributed by atoms with Crippen LogP contribution in [-0.2, 0) is 0 Å². The Labute approximate surface area is 198 Å². The van der Waals surface area contributed by atoms with E-state index < -0.39 is 0 Å². The molecule has 1 N–H and O–H groups in total. The van der Waals surface area contributed by atoms with Crippen molar-refractivity contribution in [1.82, 2.24) is 14.9 Å². The second kappa shape index (κ2) is 8.19. The molecule has 5 aromatic rings. The second-order valence-electron chi connectivity index (χ2n) is 8.17. The third-order valence-electron chi connectivity index (χ3n) is 6.23. The summed E-state index contributed by atoms with van der Waals surface area (Å²) in [6, 6.07) is 35.5. The SMILES string of the molecule is S=C1N[C@@H](c2ccccn2)[C@H](c2cccn2-c2ccc3ccccc3c2)N1c1ccccc1. The number of para-hydroxylation sites is 1. The molecular formula is C28H22N4S. The number of hydrogen-bond donors (Lipinski definition) is 1. The minimum atomic E-state index is -0.0759. The van der Waals surface area contributed by atoms with Crippen LogP contribution in [-0.4, -0.2) is 14.7 Å². The summed E-state index contributed by atoms with van der Waals surface area (Å²) in [5, 5.41) is 6.70. The number of nitrogens with zero attached hydrogens (tertiary/aromatic N) is 3. The Morgan fingerprint density at radius 2 is 1.52 bits per heavy atom. The summed E-state index contributed by atoms with van der Waals surface area (Å²) in [4.78, 5) is 6.88. The van der Waals surface area contributed by atoms with E-state index in [1.54, 1.807) is 0 Å². The predicted molar refractivity (Wildman–Crippen MR) is 138 cm³/mol. The molecule has 33 heavy (non-hydrogen) atoms. The Hall–Kier alpha value is -3.96. The summed E-state index contributed by atoms with van der Waals surface area (Å²) < 4.78 is 2.26. The van der Waals surface area contributed by atoms with Gasteiger partial charge in [-0.15, -0.1) is 0 Å². The number of benzene rings is 3. The Morgan fingerprint density at radius 1 is 0.727 bits per heavy atom. The Bertz CT molecular complexity index is 1430. The van der Waals surface area contributed by atoms with Gasteiger partial charge in [0.05, 0.1) is 11.7 Å². The van der Waals surface area contributed by atoms with Crippen LogP contribution >= 0.6 is 12.2 Å². The lowest BCUT2D eigenvalue weighted by Crippen LogP contribution is -2.30. The summed E-state index contributed by atoms with van der Waals surface area (Å²) in [6.07, 6.45) is 3.96. The van der Waals surface area contributed by atoms with Crippen LogP contribution in [0.2, 0.25) is 0 Å². The van der Waals surface area contributed by atoms with Crippen molar-refractivity contribution >= 4 is 33.8 Å². The molecule has 1 fully saturated rings. The lowest BCUT2D eigenvalue weighted by atomic mass is 10.0. The van der Waals surface area contributed by atoms with E-state index in [9.17, 15) is 0 Å². The Morgan fingerprint density at radius 3 is 2.33 bits per heavy atom. The molecule has 3 heterocycles. The highest BCUT2D eigenvalue weighted by atomic mass is 32.1. The molecular weight excluding hydrogens is 424 g/mol. The minimum Gasteiger partial charge on any atom is -0.351 e. The van der Waals surface area contributed by atoms with E-state index in [4.69, 9.17) is 12.2 Å². The predicted octanol–water partition coefficient (Wildman–Crippen LogP) is 6.20. The molecule has 1 saturated heterocycles. The smallest absolute Gasteiger partial charge is 0.174 e. The van der Waals surface area contributed by atoms with Gasteiger partial charge in [0, 0.05) is 29.5 Å². The molecule has 0 spiro atoms. The maximum absolute atomic E-state index is 5.85. The number of fused-ring (bicyclic) bond motifs is 1. The van der Waals surface area contributed by atoms with Crippen LogP contribution in [0.1, 0.15) is 23.5 Å². The summed E-state index contributed by atoms with van der Waals surface area (Å²) >= 11 is 5.85. The molecule has 0 bridgehead atoms. The zero-order valence-corrected chi connectivity index (χ0v) is 18.7. The van der Waals surface area contributed by atoms with E-state index in [1.165, 1.54) is 10.8 Å². The fourth-order valence-electron chi connectivity index (χ4n) is 4.72. The highest BCUT2D eigenvalue weighted by Gasteiger charge is 2.42. The van der Waals surface area contributed by atoms with E-state index in [2.05, 4.69) is 98.8 Å². The Kier molecular flexibility index (Phi) is 4.89.